The summed E-state index contributed by atoms with van der Waals surface area (Å²) in [5.74, 6) is 1.16. The van der Waals surface area contributed by atoms with Crippen molar-refractivity contribution >= 4 is 32.9 Å². The Kier molecular flexibility index (Phi) is 7.78. The second-order valence-corrected chi connectivity index (χ2v) is 19.7. The minimum absolute atomic E-state index is 0.0153. The molecule has 0 N–H and O–H groups in total. The van der Waals surface area contributed by atoms with Crippen LogP contribution in [0.5, 0.6) is 5.75 Å². The number of benzene rings is 2. The van der Waals surface area contributed by atoms with E-state index in [9.17, 15) is 0 Å². The smallest absolute Gasteiger partial charge is 0.122 e. The molecule has 193 valence electrons. The van der Waals surface area contributed by atoms with Crippen LogP contribution in [0.4, 0.5) is 0 Å². The molecule has 2 nitrogen and oxygen atoms in total. The lowest BCUT2D eigenvalue weighted by Crippen LogP contribution is -2.50. The molecule has 1 aliphatic carbocycles. The molecular weight excluding hydrogens is 471 g/mol. The summed E-state index contributed by atoms with van der Waals surface area (Å²) in [6.07, 6.45) is 8.50. The van der Waals surface area contributed by atoms with Gasteiger partial charge in [-0.25, -0.2) is 0 Å². The summed E-state index contributed by atoms with van der Waals surface area (Å²) in [6.45, 7) is 26.3. The Hall–Kier alpha value is -2.05. The van der Waals surface area contributed by atoms with Crippen LogP contribution < -0.4 is 15.1 Å². The minimum atomic E-state index is -2.05. The average Bonchev–Trinajstić information content (AvgIpc) is 3.23. The first-order valence-corrected chi connectivity index (χ1v) is 19.3. The van der Waals surface area contributed by atoms with Crippen LogP contribution in [0.2, 0.25) is 26.2 Å². The molecule has 1 heterocycles. The van der Waals surface area contributed by atoms with E-state index in [1.165, 1.54) is 65.5 Å². The molecule has 0 amide bonds. The van der Waals surface area contributed by atoms with Gasteiger partial charge in [0.25, 0.3) is 0 Å². The fourth-order valence-electron chi connectivity index (χ4n) is 6.44. The molecule has 2 aromatic carbocycles. The van der Waals surface area contributed by atoms with E-state index < -0.39 is 16.9 Å². The molecule has 0 aromatic heterocycles. The number of likely N-dealkylation sites (tertiary alicyclic amines) is 1. The SMILES string of the molecule is C=CCOc1c([Si](C)(C)C2C=C(N3CCCCC3)c3ccccc32)cc(C)c([Si](C)C)c1C(C)(C)C. The highest BCUT2D eigenvalue weighted by molar-refractivity contribution is 6.92. The van der Waals surface area contributed by atoms with Gasteiger partial charge in [0.1, 0.15) is 12.4 Å². The van der Waals surface area contributed by atoms with Crippen LogP contribution >= 0.6 is 0 Å². The Balaban J connectivity index is 1.93. The number of hydrogen-bond acceptors (Lipinski definition) is 2. The summed E-state index contributed by atoms with van der Waals surface area (Å²) in [5, 5.41) is 3.02. The third-order valence-corrected chi connectivity index (χ3v) is 13.6. The van der Waals surface area contributed by atoms with Crippen molar-refractivity contribution in [3.63, 3.8) is 0 Å². The Bertz CT molecular complexity index is 1150. The van der Waals surface area contributed by atoms with Crippen molar-refractivity contribution in [3.05, 3.63) is 71.3 Å². The Labute approximate surface area is 223 Å². The third kappa shape index (κ3) is 4.91. The van der Waals surface area contributed by atoms with E-state index in [0.717, 1.165) is 5.75 Å². The summed E-state index contributed by atoms with van der Waals surface area (Å²) in [4.78, 5) is 2.65. The predicted octanol–water partition coefficient (Wildman–Crippen LogP) is 6.90. The van der Waals surface area contributed by atoms with Crippen molar-refractivity contribution in [2.45, 2.75) is 84.1 Å². The maximum Gasteiger partial charge on any atom is 0.122 e. The summed E-state index contributed by atoms with van der Waals surface area (Å²) >= 11 is 0. The number of allylic oxidation sites excluding steroid dienone is 1. The average molecular weight is 517 g/mol. The van der Waals surface area contributed by atoms with Gasteiger partial charge in [0.15, 0.2) is 0 Å². The second kappa shape index (κ2) is 10.4. The lowest BCUT2D eigenvalue weighted by molar-refractivity contribution is 0.326. The van der Waals surface area contributed by atoms with Crippen LogP contribution in [0.3, 0.4) is 0 Å². The van der Waals surface area contributed by atoms with Crippen LogP contribution in [0.1, 0.15) is 67.8 Å². The Morgan fingerprint density at radius 3 is 2.39 bits per heavy atom. The first-order valence-electron chi connectivity index (χ1n) is 13.8. The molecular formula is C32H46NOSi2. The van der Waals surface area contributed by atoms with Gasteiger partial charge in [0, 0.05) is 29.9 Å². The monoisotopic (exact) mass is 516 g/mol. The van der Waals surface area contributed by atoms with Crippen molar-refractivity contribution in [1.29, 1.82) is 0 Å². The third-order valence-electron chi connectivity index (χ3n) is 8.14. The van der Waals surface area contributed by atoms with Crippen molar-refractivity contribution < 1.29 is 4.74 Å². The number of rotatable bonds is 7. The Morgan fingerprint density at radius 2 is 1.78 bits per heavy atom. The molecule has 1 fully saturated rings. The molecule has 2 aromatic rings. The van der Waals surface area contributed by atoms with Gasteiger partial charge in [-0.05, 0) is 47.9 Å². The van der Waals surface area contributed by atoms with Gasteiger partial charge in [-0.15, -0.1) is 0 Å². The normalized spacial score (nSPS) is 18.3. The summed E-state index contributed by atoms with van der Waals surface area (Å²) < 4.78 is 6.67. The van der Waals surface area contributed by atoms with Gasteiger partial charge in [0.05, 0.1) is 16.9 Å². The fraction of sp³-hybridized carbons (Fsp3) is 0.500. The molecule has 1 aliphatic heterocycles. The minimum Gasteiger partial charge on any atom is -0.489 e. The molecule has 4 rings (SSSR count). The molecule has 1 saturated heterocycles. The van der Waals surface area contributed by atoms with Crippen LogP contribution in [-0.4, -0.2) is 41.5 Å². The zero-order chi connectivity index (χ0) is 26.3. The highest BCUT2D eigenvalue weighted by atomic mass is 28.3. The van der Waals surface area contributed by atoms with Crippen molar-refractivity contribution in [2.75, 3.05) is 19.7 Å². The molecule has 2 aliphatic rings. The number of hydrogen-bond donors (Lipinski definition) is 0. The van der Waals surface area contributed by atoms with Crippen LogP contribution in [0, 0.1) is 6.92 Å². The summed E-state index contributed by atoms with van der Waals surface area (Å²) in [5.41, 5.74) is 7.78. The van der Waals surface area contributed by atoms with E-state index in [0.29, 0.717) is 12.1 Å². The Morgan fingerprint density at radius 1 is 1.11 bits per heavy atom. The maximum absolute atomic E-state index is 6.67. The highest BCUT2D eigenvalue weighted by Gasteiger charge is 2.43. The molecule has 1 unspecified atom stereocenters. The van der Waals surface area contributed by atoms with Crippen molar-refractivity contribution in [2.24, 2.45) is 0 Å². The standard InChI is InChI=1S/C32H46NOSi2/c1-10-20-34-30-28(21-23(2)31(35(6)7)29(30)32(3,4)5)36(8,9)27-22-26(33-18-14-11-15-19-33)24-16-12-13-17-25(24)27/h10,12-13,16-17,21-22,27H,1,11,14-15,18-20H2,2-9H3. The fourth-order valence-corrected chi connectivity index (χ4v) is 11.6. The van der Waals surface area contributed by atoms with Crippen LogP contribution in [0.25, 0.3) is 5.70 Å². The summed E-state index contributed by atoms with van der Waals surface area (Å²) in [6, 6.07) is 11.7. The van der Waals surface area contributed by atoms with Crippen molar-refractivity contribution in [3.8, 4) is 5.75 Å². The van der Waals surface area contributed by atoms with Gasteiger partial charge >= 0.3 is 0 Å². The largest absolute Gasteiger partial charge is 0.489 e. The highest BCUT2D eigenvalue weighted by Crippen LogP contribution is 2.44. The van der Waals surface area contributed by atoms with E-state index in [1.807, 2.05) is 6.08 Å². The number of piperidine rings is 1. The number of nitrogens with zero attached hydrogens (tertiary/aromatic N) is 1. The first-order chi connectivity index (χ1) is 17.0. The topological polar surface area (TPSA) is 12.5 Å². The maximum atomic E-state index is 6.67. The predicted molar refractivity (Wildman–Crippen MR) is 162 cm³/mol. The van der Waals surface area contributed by atoms with Gasteiger partial charge < -0.3 is 9.64 Å². The molecule has 0 saturated carbocycles. The van der Waals surface area contributed by atoms with Crippen molar-refractivity contribution in [1.82, 2.24) is 4.90 Å². The van der Waals surface area contributed by atoms with Crippen LogP contribution in [-0.2, 0) is 5.41 Å². The summed E-state index contributed by atoms with van der Waals surface area (Å²) in [7, 11) is -2.71. The van der Waals surface area contributed by atoms with E-state index in [2.05, 4.69) is 102 Å². The molecule has 4 heteroatoms. The molecule has 0 spiro atoms. The van der Waals surface area contributed by atoms with E-state index >= 15 is 0 Å². The second-order valence-electron chi connectivity index (χ2n) is 12.6. The van der Waals surface area contributed by atoms with E-state index in [4.69, 9.17) is 4.74 Å². The number of ether oxygens (including phenoxy) is 1. The molecule has 1 radical (unpaired) electrons. The van der Waals surface area contributed by atoms with E-state index in [-0.39, 0.29) is 5.41 Å². The van der Waals surface area contributed by atoms with Gasteiger partial charge in [0.2, 0.25) is 0 Å². The van der Waals surface area contributed by atoms with Gasteiger partial charge in [-0.3, -0.25) is 0 Å². The quantitative estimate of drug-likeness (QED) is 0.293. The number of fused-ring (bicyclic) bond motifs is 1. The lowest BCUT2D eigenvalue weighted by atomic mass is 9.85. The molecule has 36 heavy (non-hydrogen) atoms. The lowest BCUT2D eigenvalue weighted by Gasteiger charge is -2.37. The zero-order valence-electron chi connectivity index (χ0n) is 23.9. The van der Waals surface area contributed by atoms with E-state index in [1.54, 1.807) is 5.19 Å². The van der Waals surface area contributed by atoms with Crippen LogP contribution in [0.15, 0.2) is 49.1 Å². The number of aryl methyl sites for hydroxylation is 1. The van der Waals surface area contributed by atoms with Gasteiger partial charge in [-0.1, -0.05) is 107 Å². The zero-order valence-corrected chi connectivity index (χ0v) is 25.9. The molecule has 1 atom stereocenters. The molecule has 0 bridgehead atoms. The first kappa shape index (κ1) is 27.0. The van der Waals surface area contributed by atoms with Gasteiger partial charge in [-0.2, -0.15) is 0 Å².